The fraction of sp³-hybridized carbons (Fsp3) is 0.364. The summed E-state index contributed by atoms with van der Waals surface area (Å²) in [7, 11) is 0. The van der Waals surface area contributed by atoms with Gasteiger partial charge in [0.05, 0.1) is 17.0 Å². The number of fused-ring (bicyclic) bond motifs is 1. The summed E-state index contributed by atoms with van der Waals surface area (Å²) < 4.78 is 0. The summed E-state index contributed by atoms with van der Waals surface area (Å²) in [6.45, 7) is 0. The van der Waals surface area contributed by atoms with E-state index in [4.69, 9.17) is 16.9 Å². The van der Waals surface area contributed by atoms with E-state index in [1.165, 1.54) is 11.1 Å². The van der Waals surface area contributed by atoms with Crippen molar-refractivity contribution in [2.45, 2.75) is 24.6 Å². The van der Waals surface area contributed by atoms with E-state index >= 15 is 0 Å². The average molecular weight is 192 g/mol. The van der Waals surface area contributed by atoms with Gasteiger partial charge in [-0.3, -0.25) is 0 Å². The van der Waals surface area contributed by atoms with E-state index in [0.717, 1.165) is 24.8 Å². The lowest BCUT2D eigenvalue weighted by Gasteiger charge is -2.20. The fourth-order valence-corrected chi connectivity index (χ4v) is 2.19. The van der Waals surface area contributed by atoms with Gasteiger partial charge in [-0.1, -0.05) is 6.07 Å². The Hall–Kier alpha value is -1.00. The first-order valence-electron chi connectivity index (χ1n) is 4.48. The lowest BCUT2D eigenvalue weighted by Crippen LogP contribution is -2.05. The summed E-state index contributed by atoms with van der Waals surface area (Å²) >= 11 is 6.16. The Labute approximate surface area is 82.9 Å². The van der Waals surface area contributed by atoms with Crippen LogP contribution in [0.3, 0.4) is 0 Å². The van der Waals surface area contributed by atoms with E-state index in [0.29, 0.717) is 0 Å². The van der Waals surface area contributed by atoms with Crippen LogP contribution in [0.1, 0.15) is 34.9 Å². The maximum Gasteiger partial charge on any atom is 0.0991 e. The fourth-order valence-electron chi connectivity index (χ4n) is 1.82. The lowest BCUT2D eigenvalue weighted by molar-refractivity contribution is 0.667. The summed E-state index contributed by atoms with van der Waals surface area (Å²) in [5, 5.41) is 8.87. The van der Waals surface area contributed by atoms with Gasteiger partial charge in [0.15, 0.2) is 0 Å². The SMILES string of the molecule is N#Cc1ccc2c(c1)CCCC2Cl. The summed E-state index contributed by atoms with van der Waals surface area (Å²) in [5.74, 6) is 0. The van der Waals surface area contributed by atoms with Crippen LogP contribution in [0.25, 0.3) is 0 Å². The van der Waals surface area contributed by atoms with E-state index in [2.05, 4.69) is 6.07 Å². The molecule has 1 unspecified atom stereocenters. The third-order valence-electron chi connectivity index (χ3n) is 2.51. The van der Waals surface area contributed by atoms with E-state index in [1.54, 1.807) is 0 Å². The predicted octanol–water partition coefficient (Wildman–Crippen LogP) is 3.17. The molecule has 0 radical (unpaired) electrons. The van der Waals surface area contributed by atoms with Crippen LogP contribution in [0.2, 0.25) is 0 Å². The number of nitriles is 1. The zero-order chi connectivity index (χ0) is 9.26. The first kappa shape index (κ1) is 8.59. The number of rotatable bonds is 0. The van der Waals surface area contributed by atoms with Crippen LogP contribution in [-0.2, 0) is 6.42 Å². The van der Waals surface area contributed by atoms with Crippen LogP contribution in [0.5, 0.6) is 0 Å². The van der Waals surface area contributed by atoms with Crippen molar-refractivity contribution < 1.29 is 0 Å². The van der Waals surface area contributed by atoms with Crippen molar-refractivity contribution >= 4 is 11.6 Å². The zero-order valence-corrected chi connectivity index (χ0v) is 8.01. The molecule has 0 fully saturated rings. The Kier molecular flexibility index (Phi) is 2.24. The van der Waals surface area contributed by atoms with E-state index < -0.39 is 0 Å². The number of nitrogens with zero attached hydrogens (tertiary/aromatic N) is 1. The maximum atomic E-state index is 8.72. The first-order chi connectivity index (χ1) is 6.31. The number of hydrogen-bond donors (Lipinski definition) is 0. The van der Waals surface area contributed by atoms with Crippen molar-refractivity contribution in [2.75, 3.05) is 0 Å². The highest BCUT2D eigenvalue weighted by molar-refractivity contribution is 6.21. The molecule has 1 nitrogen and oxygen atoms in total. The van der Waals surface area contributed by atoms with Gasteiger partial charge in [-0.2, -0.15) is 5.26 Å². The smallest absolute Gasteiger partial charge is 0.0991 e. The van der Waals surface area contributed by atoms with Crippen molar-refractivity contribution in [3.63, 3.8) is 0 Å². The molecule has 1 aliphatic rings. The quantitative estimate of drug-likeness (QED) is 0.578. The minimum atomic E-state index is 0.150. The average Bonchev–Trinajstić information content (AvgIpc) is 2.18. The second-order valence-electron chi connectivity index (χ2n) is 3.39. The maximum absolute atomic E-state index is 8.72. The number of halogens is 1. The van der Waals surface area contributed by atoms with Gasteiger partial charge < -0.3 is 0 Å². The van der Waals surface area contributed by atoms with Crippen molar-refractivity contribution in [1.29, 1.82) is 5.26 Å². The zero-order valence-electron chi connectivity index (χ0n) is 7.26. The third kappa shape index (κ3) is 1.55. The number of hydrogen-bond acceptors (Lipinski definition) is 1. The number of alkyl halides is 1. The molecule has 1 aromatic carbocycles. The van der Waals surface area contributed by atoms with Gasteiger partial charge in [0.2, 0.25) is 0 Å². The summed E-state index contributed by atoms with van der Waals surface area (Å²) in [6, 6.07) is 7.95. The Bertz CT molecular complexity index is 365. The molecule has 1 atom stereocenters. The Morgan fingerprint density at radius 1 is 1.46 bits per heavy atom. The largest absolute Gasteiger partial charge is 0.192 e. The molecule has 0 saturated heterocycles. The molecule has 2 heteroatoms. The van der Waals surface area contributed by atoms with Gasteiger partial charge >= 0.3 is 0 Å². The van der Waals surface area contributed by atoms with Gasteiger partial charge in [0, 0.05) is 0 Å². The molecular formula is C11H10ClN. The lowest BCUT2D eigenvalue weighted by atomic mass is 9.90. The van der Waals surface area contributed by atoms with E-state index in [9.17, 15) is 0 Å². The molecule has 0 saturated carbocycles. The van der Waals surface area contributed by atoms with Crippen LogP contribution in [0.4, 0.5) is 0 Å². The molecule has 0 aromatic heterocycles. The second kappa shape index (κ2) is 3.40. The standard InChI is InChI=1S/C11H10ClN/c12-11-3-1-2-9-6-8(7-13)4-5-10(9)11/h4-6,11H,1-3H2. The van der Waals surface area contributed by atoms with Gasteiger partial charge in [-0.25, -0.2) is 0 Å². The Morgan fingerprint density at radius 3 is 3.08 bits per heavy atom. The van der Waals surface area contributed by atoms with Crippen molar-refractivity contribution in [1.82, 2.24) is 0 Å². The minimum absolute atomic E-state index is 0.150. The van der Waals surface area contributed by atoms with Gasteiger partial charge in [0.25, 0.3) is 0 Å². The Balaban J connectivity index is 2.47. The summed E-state index contributed by atoms with van der Waals surface area (Å²) in [6.07, 6.45) is 3.25. The van der Waals surface area contributed by atoms with Crippen LogP contribution in [0, 0.1) is 11.3 Å². The highest BCUT2D eigenvalue weighted by Gasteiger charge is 2.17. The minimum Gasteiger partial charge on any atom is -0.192 e. The molecule has 13 heavy (non-hydrogen) atoms. The van der Waals surface area contributed by atoms with Crippen LogP contribution in [0.15, 0.2) is 18.2 Å². The molecule has 0 heterocycles. The number of aryl methyl sites for hydroxylation is 1. The topological polar surface area (TPSA) is 23.8 Å². The molecule has 1 aromatic rings. The highest BCUT2D eigenvalue weighted by Crippen LogP contribution is 2.34. The molecule has 0 N–H and O–H groups in total. The molecule has 66 valence electrons. The van der Waals surface area contributed by atoms with Gasteiger partial charge in [-0.15, -0.1) is 11.6 Å². The highest BCUT2D eigenvalue weighted by atomic mass is 35.5. The molecule has 0 bridgehead atoms. The van der Waals surface area contributed by atoms with Crippen molar-refractivity contribution in [3.8, 4) is 6.07 Å². The normalized spacial score (nSPS) is 20.5. The van der Waals surface area contributed by atoms with Crippen molar-refractivity contribution in [3.05, 3.63) is 34.9 Å². The molecule has 0 amide bonds. The van der Waals surface area contributed by atoms with Crippen molar-refractivity contribution in [2.24, 2.45) is 0 Å². The van der Waals surface area contributed by atoms with Crippen LogP contribution < -0.4 is 0 Å². The predicted molar refractivity (Wildman–Crippen MR) is 52.7 cm³/mol. The molecule has 2 rings (SSSR count). The Morgan fingerprint density at radius 2 is 2.31 bits per heavy atom. The molecular weight excluding hydrogens is 182 g/mol. The summed E-state index contributed by atoms with van der Waals surface area (Å²) in [4.78, 5) is 0. The van der Waals surface area contributed by atoms with Crippen LogP contribution in [-0.4, -0.2) is 0 Å². The van der Waals surface area contributed by atoms with Gasteiger partial charge in [0.1, 0.15) is 0 Å². The van der Waals surface area contributed by atoms with E-state index in [-0.39, 0.29) is 5.38 Å². The van der Waals surface area contributed by atoms with Gasteiger partial charge in [-0.05, 0) is 42.5 Å². The number of benzene rings is 1. The third-order valence-corrected chi connectivity index (χ3v) is 2.97. The monoisotopic (exact) mass is 191 g/mol. The summed E-state index contributed by atoms with van der Waals surface area (Å²) in [5.41, 5.74) is 3.21. The molecule has 1 aliphatic carbocycles. The second-order valence-corrected chi connectivity index (χ2v) is 3.91. The first-order valence-corrected chi connectivity index (χ1v) is 4.92. The molecule has 0 aliphatic heterocycles. The van der Waals surface area contributed by atoms with E-state index in [1.807, 2.05) is 18.2 Å². The molecule has 0 spiro atoms. The van der Waals surface area contributed by atoms with Crippen LogP contribution >= 0.6 is 11.6 Å².